The fraction of sp³-hybridized carbons (Fsp3) is 0.136. The molecule has 0 aliphatic heterocycles. The quantitative estimate of drug-likeness (QED) is 0.534. The van der Waals surface area contributed by atoms with Gasteiger partial charge in [0, 0.05) is 5.69 Å². The van der Waals surface area contributed by atoms with E-state index < -0.39 is 0 Å². The van der Waals surface area contributed by atoms with Crippen LogP contribution in [0.5, 0.6) is 0 Å². The summed E-state index contributed by atoms with van der Waals surface area (Å²) in [5.41, 5.74) is 5.78. The molecule has 2 aromatic heterocycles. The molecule has 4 rings (SSSR count). The van der Waals surface area contributed by atoms with Crippen LogP contribution in [0.2, 0.25) is 0 Å². The van der Waals surface area contributed by atoms with Crippen LogP contribution in [0.15, 0.2) is 47.3 Å². The molecule has 0 atom stereocenters. The van der Waals surface area contributed by atoms with Gasteiger partial charge in [-0.1, -0.05) is 29.8 Å². The van der Waals surface area contributed by atoms with Crippen LogP contribution < -0.4 is 5.56 Å². The van der Waals surface area contributed by atoms with Crippen LogP contribution in [0.3, 0.4) is 0 Å². The van der Waals surface area contributed by atoms with Crippen molar-refractivity contribution in [2.45, 2.75) is 20.8 Å². The van der Waals surface area contributed by atoms with Crippen molar-refractivity contribution in [3.8, 4) is 11.8 Å². The van der Waals surface area contributed by atoms with Crippen molar-refractivity contribution >= 4 is 22.7 Å². The van der Waals surface area contributed by atoms with Crippen LogP contribution in [-0.4, -0.2) is 19.7 Å². The highest BCUT2D eigenvalue weighted by atomic mass is 16.1. The number of allylic oxidation sites excluding steroid dienone is 1. The van der Waals surface area contributed by atoms with E-state index in [0.29, 0.717) is 22.7 Å². The Morgan fingerprint density at radius 1 is 1.18 bits per heavy atom. The zero-order valence-corrected chi connectivity index (χ0v) is 15.9. The second kappa shape index (κ2) is 6.71. The van der Waals surface area contributed by atoms with Gasteiger partial charge in [-0.25, -0.2) is 9.67 Å². The fourth-order valence-corrected chi connectivity index (χ4v) is 3.33. The molecular weight excluding hydrogens is 350 g/mol. The molecule has 6 nitrogen and oxygen atoms in total. The average molecular weight is 369 g/mol. The molecule has 4 aromatic rings. The van der Waals surface area contributed by atoms with Gasteiger partial charge in [0.2, 0.25) is 0 Å². The van der Waals surface area contributed by atoms with Gasteiger partial charge in [-0.3, -0.25) is 9.89 Å². The molecule has 0 saturated carbocycles. The number of hydrogen-bond donors (Lipinski definition) is 2. The zero-order chi connectivity index (χ0) is 19.8. The Kier molecular flexibility index (Phi) is 4.21. The summed E-state index contributed by atoms with van der Waals surface area (Å²) in [4.78, 5) is 20.6. The largest absolute Gasteiger partial charge is 0.337 e. The van der Waals surface area contributed by atoms with E-state index in [-0.39, 0.29) is 5.56 Å². The van der Waals surface area contributed by atoms with Gasteiger partial charge in [0.15, 0.2) is 0 Å². The molecule has 0 unspecified atom stereocenters. The molecule has 0 fully saturated rings. The lowest BCUT2D eigenvalue weighted by Gasteiger charge is -2.06. The predicted octanol–water partition coefficient (Wildman–Crippen LogP) is 4.03. The lowest BCUT2D eigenvalue weighted by atomic mass is 10.1. The third kappa shape index (κ3) is 2.93. The second-order valence-corrected chi connectivity index (χ2v) is 6.85. The lowest BCUT2D eigenvalue weighted by Crippen LogP contribution is -2.17. The number of para-hydroxylation sites is 2. The fourth-order valence-electron chi connectivity index (χ4n) is 3.33. The maximum atomic E-state index is 13.0. The van der Waals surface area contributed by atoms with Gasteiger partial charge < -0.3 is 4.98 Å². The van der Waals surface area contributed by atoms with Gasteiger partial charge in [0.1, 0.15) is 11.9 Å². The molecule has 2 N–H and O–H groups in total. The van der Waals surface area contributed by atoms with E-state index in [4.69, 9.17) is 0 Å². The van der Waals surface area contributed by atoms with Crippen molar-refractivity contribution in [3.63, 3.8) is 0 Å². The van der Waals surface area contributed by atoms with E-state index in [2.05, 4.69) is 21.1 Å². The first kappa shape index (κ1) is 17.6. The maximum absolute atomic E-state index is 13.0. The van der Waals surface area contributed by atoms with Crippen molar-refractivity contribution in [3.05, 3.63) is 81.0 Å². The smallest absolute Gasteiger partial charge is 0.278 e. The summed E-state index contributed by atoms with van der Waals surface area (Å²) in [5.74, 6) is 0.446. The SMILES string of the molecule is Cc1ccc(-n2[nH]c(C)c(/C=C(\C#N)c3nc4ccccc4[nH]3)c2=O)c(C)c1. The monoisotopic (exact) mass is 369 g/mol. The van der Waals surface area contributed by atoms with Gasteiger partial charge in [-0.05, 0) is 50.6 Å². The summed E-state index contributed by atoms with van der Waals surface area (Å²) in [6.07, 6.45) is 1.59. The summed E-state index contributed by atoms with van der Waals surface area (Å²) in [7, 11) is 0. The summed E-state index contributed by atoms with van der Waals surface area (Å²) in [6.45, 7) is 5.80. The second-order valence-electron chi connectivity index (χ2n) is 6.85. The number of nitrogens with one attached hydrogen (secondary N) is 2. The molecule has 28 heavy (non-hydrogen) atoms. The molecule has 138 valence electrons. The Balaban J connectivity index is 1.83. The maximum Gasteiger partial charge on any atom is 0.278 e. The van der Waals surface area contributed by atoms with E-state index >= 15 is 0 Å². The molecule has 6 heteroatoms. The van der Waals surface area contributed by atoms with Gasteiger partial charge in [-0.2, -0.15) is 5.26 Å². The van der Waals surface area contributed by atoms with Gasteiger partial charge in [0.25, 0.3) is 5.56 Å². The Morgan fingerprint density at radius 2 is 1.96 bits per heavy atom. The highest BCUT2D eigenvalue weighted by Gasteiger charge is 2.15. The molecule has 0 aliphatic rings. The molecule has 0 bridgehead atoms. The molecule has 0 spiro atoms. The van der Waals surface area contributed by atoms with E-state index in [9.17, 15) is 10.1 Å². The molecule has 2 aromatic carbocycles. The highest BCUT2D eigenvalue weighted by molar-refractivity contribution is 5.90. The third-order valence-corrected chi connectivity index (χ3v) is 4.76. The number of nitrogens with zero attached hydrogens (tertiary/aromatic N) is 3. The van der Waals surface area contributed by atoms with Gasteiger partial charge >= 0.3 is 0 Å². The summed E-state index contributed by atoms with van der Waals surface area (Å²) in [6, 6.07) is 15.6. The summed E-state index contributed by atoms with van der Waals surface area (Å²) < 4.78 is 1.52. The van der Waals surface area contributed by atoms with Crippen LogP contribution in [0.4, 0.5) is 0 Å². The van der Waals surface area contributed by atoms with Crippen molar-refractivity contribution in [2.75, 3.05) is 0 Å². The number of H-pyrrole nitrogens is 2. The zero-order valence-electron chi connectivity index (χ0n) is 15.9. The number of nitriles is 1. The molecule has 0 amide bonds. The molecule has 0 radical (unpaired) electrons. The Labute approximate surface area is 161 Å². The number of aromatic nitrogens is 4. The van der Waals surface area contributed by atoms with Gasteiger partial charge in [0.05, 0.1) is 27.9 Å². The molecule has 2 heterocycles. The van der Waals surface area contributed by atoms with Gasteiger partial charge in [-0.15, -0.1) is 0 Å². The first-order valence-electron chi connectivity index (χ1n) is 8.94. The normalized spacial score (nSPS) is 11.7. The standard InChI is InChI=1S/C22H19N5O/c1-13-8-9-20(14(2)10-13)27-22(28)17(15(3)26-27)11-16(12-23)21-24-18-6-4-5-7-19(18)25-21/h4-11,26H,1-3H3,(H,24,25)/b16-11+. The summed E-state index contributed by atoms with van der Waals surface area (Å²) >= 11 is 0. The number of imidazole rings is 1. The third-order valence-electron chi connectivity index (χ3n) is 4.76. The number of aryl methyl sites for hydroxylation is 3. The van der Waals surface area contributed by atoms with Crippen molar-refractivity contribution in [1.82, 2.24) is 19.7 Å². The summed E-state index contributed by atoms with van der Waals surface area (Å²) in [5, 5.41) is 12.8. The minimum atomic E-state index is -0.201. The molecule has 0 aliphatic carbocycles. The lowest BCUT2D eigenvalue weighted by molar-refractivity contribution is 0.828. The number of hydrogen-bond acceptors (Lipinski definition) is 3. The van der Waals surface area contributed by atoms with E-state index in [1.54, 1.807) is 6.08 Å². The molecule has 0 saturated heterocycles. The van der Waals surface area contributed by atoms with Crippen molar-refractivity contribution in [2.24, 2.45) is 0 Å². The van der Waals surface area contributed by atoms with Crippen LogP contribution in [0.25, 0.3) is 28.4 Å². The minimum absolute atomic E-state index is 0.201. The minimum Gasteiger partial charge on any atom is -0.337 e. The van der Waals surface area contributed by atoms with E-state index in [1.807, 2.05) is 63.2 Å². The van der Waals surface area contributed by atoms with E-state index in [1.165, 1.54) is 4.68 Å². The first-order chi connectivity index (χ1) is 13.5. The van der Waals surface area contributed by atoms with Crippen LogP contribution in [0, 0.1) is 32.1 Å². The average Bonchev–Trinajstić information content (AvgIpc) is 3.21. The van der Waals surface area contributed by atoms with E-state index in [0.717, 1.165) is 27.8 Å². The van der Waals surface area contributed by atoms with Crippen LogP contribution in [-0.2, 0) is 0 Å². The number of benzene rings is 2. The van der Waals surface area contributed by atoms with Crippen LogP contribution >= 0.6 is 0 Å². The highest BCUT2D eigenvalue weighted by Crippen LogP contribution is 2.20. The molecular formula is C22H19N5O. The predicted molar refractivity (Wildman–Crippen MR) is 110 cm³/mol. The Morgan fingerprint density at radius 3 is 2.68 bits per heavy atom. The number of fused-ring (bicyclic) bond motifs is 1. The Bertz CT molecular complexity index is 1290. The number of rotatable bonds is 3. The van der Waals surface area contributed by atoms with Crippen molar-refractivity contribution in [1.29, 1.82) is 5.26 Å². The first-order valence-corrected chi connectivity index (χ1v) is 8.94. The van der Waals surface area contributed by atoms with Crippen molar-refractivity contribution < 1.29 is 0 Å². The van der Waals surface area contributed by atoms with Crippen LogP contribution in [0.1, 0.15) is 28.2 Å². The topological polar surface area (TPSA) is 90.3 Å². The Hall–Kier alpha value is -3.85. The number of aromatic amines is 2.